The molecule has 0 saturated heterocycles. The van der Waals surface area contributed by atoms with E-state index in [-0.39, 0.29) is 10.8 Å². The van der Waals surface area contributed by atoms with Gasteiger partial charge in [-0.2, -0.15) is 0 Å². The van der Waals surface area contributed by atoms with Crippen molar-refractivity contribution in [2.45, 2.75) is 38.5 Å². The lowest BCUT2D eigenvalue weighted by molar-refractivity contribution is 0.594. The van der Waals surface area contributed by atoms with Crippen LogP contribution in [0.25, 0.3) is 38.6 Å². The van der Waals surface area contributed by atoms with Crippen molar-refractivity contribution in [3.8, 4) is 16.8 Å². The number of nitrogens with zero attached hydrogens (tertiary/aromatic N) is 2. The van der Waals surface area contributed by atoms with Crippen molar-refractivity contribution in [1.29, 1.82) is 0 Å². The van der Waals surface area contributed by atoms with E-state index in [2.05, 4.69) is 171 Å². The predicted octanol–water partition coefficient (Wildman–Crippen LogP) is 11.2. The third-order valence-corrected chi connectivity index (χ3v) is 10.3. The fraction of sp³-hybridized carbons (Fsp3) is 0.143. The van der Waals surface area contributed by atoms with E-state index in [9.17, 15) is 0 Å². The molecule has 2 heteroatoms. The van der Waals surface area contributed by atoms with Gasteiger partial charge in [0.15, 0.2) is 0 Å². The smallest absolute Gasteiger partial charge is 0.0583 e. The lowest BCUT2D eigenvalue weighted by Gasteiger charge is -2.42. The van der Waals surface area contributed by atoms with Crippen LogP contribution >= 0.6 is 0 Å². The van der Waals surface area contributed by atoms with E-state index in [0.717, 1.165) is 11.4 Å². The molecule has 0 saturated carbocycles. The molecule has 0 spiro atoms. The molecule has 9 rings (SSSR count). The van der Waals surface area contributed by atoms with E-state index in [1.807, 2.05) is 0 Å². The van der Waals surface area contributed by atoms with Crippen molar-refractivity contribution in [3.05, 3.63) is 156 Å². The highest BCUT2D eigenvalue weighted by Gasteiger charge is 2.43. The van der Waals surface area contributed by atoms with Crippen LogP contribution in [0.5, 0.6) is 0 Å². The zero-order chi connectivity index (χ0) is 29.8. The molecule has 0 fully saturated rings. The number of rotatable bonds is 4. The van der Waals surface area contributed by atoms with E-state index in [1.54, 1.807) is 0 Å². The average Bonchev–Trinajstić information content (AvgIpc) is 3.38. The van der Waals surface area contributed by atoms with Gasteiger partial charge in [-0.15, -0.1) is 0 Å². The molecule has 212 valence electrons. The first-order valence-corrected chi connectivity index (χ1v) is 15.6. The molecule has 2 nitrogen and oxygen atoms in total. The molecule has 0 bridgehead atoms. The Bertz CT molecular complexity index is 2220. The van der Waals surface area contributed by atoms with Gasteiger partial charge in [0, 0.05) is 38.7 Å². The molecule has 0 radical (unpaired) electrons. The Labute approximate surface area is 258 Å². The van der Waals surface area contributed by atoms with Gasteiger partial charge in [-0.1, -0.05) is 113 Å². The average molecular weight is 567 g/mol. The first-order chi connectivity index (χ1) is 21.4. The summed E-state index contributed by atoms with van der Waals surface area (Å²) in [5.74, 6) is 0. The molecule has 2 aliphatic rings. The van der Waals surface area contributed by atoms with Crippen molar-refractivity contribution >= 4 is 38.9 Å². The zero-order valence-corrected chi connectivity index (χ0v) is 25.6. The number of hydrogen-bond acceptors (Lipinski definition) is 1. The van der Waals surface area contributed by atoms with Gasteiger partial charge in [-0.25, -0.2) is 0 Å². The molecule has 0 atom stereocenters. The van der Waals surface area contributed by atoms with Crippen LogP contribution in [0.4, 0.5) is 17.1 Å². The Morgan fingerprint density at radius 2 is 0.932 bits per heavy atom. The largest absolute Gasteiger partial charge is 0.310 e. The van der Waals surface area contributed by atoms with Crippen LogP contribution in [-0.2, 0) is 10.8 Å². The summed E-state index contributed by atoms with van der Waals surface area (Å²) in [5.41, 5.74) is 15.3. The Morgan fingerprint density at radius 1 is 0.432 bits per heavy atom. The Balaban J connectivity index is 1.47. The highest BCUT2D eigenvalue weighted by molar-refractivity contribution is 6.16. The van der Waals surface area contributed by atoms with Gasteiger partial charge < -0.3 is 9.47 Å². The maximum Gasteiger partial charge on any atom is 0.0583 e. The normalized spacial score (nSPS) is 15.2. The number of anilines is 3. The molecule has 44 heavy (non-hydrogen) atoms. The second-order valence-corrected chi connectivity index (χ2v) is 13.5. The summed E-state index contributed by atoms with van der Waals surface area (Å²) >= 11 is 0. The molecule has 0 amide bonds. The molecule has 1 aromatic heterocycles. The van der Waals surface area contributed by atoms with Gasteiger partial charge in [-0.3, -0.25) is 0 Å². The van der Waals surface area contributed by atoms with E-state index in [0.29, 0.717) is 0 Å². The molecule has 3 heterocycles. The molecule has 7 aromatic rings. The second-order valence-electron chi connectivity index (χ2n) is 13.5. The van der Waals surface area contributed by atoms with Gasteiger partial charge in [0.1, 0.15) is 0 Å². The summed E-state index contributed by atoms with van der Waals surface area (Å²) < 4.78 is 2.62. The zero-order valence-electron chi connectivity index (χ0n) is 25.6. The molecule has 0 aliphatic carbocycles. The van der Waals surface area contributed by atoms with Crippen molar-refractivity contribution in [3.63, 3.8) is 0 Å². The third-order valence-electron chi connectivity index (χ3n) is 10.3. The highest BCUT2D eigenvalue weighted by atomic mass is 15.1. The summed E-state index contributed by atoms with van der Waals surface area (Å²) in [6, 6.07) is 49.2. The van der Waals surface area contributed by atoms with E-state index in [4.69, 9.17) is 0 Å². The number of aromatic nitrogens is 1. The number of para-hydroxylation sites is 3. The SMILES string of the molecule is CC1(C)c2cccc3c2-n2c4c1cc(-c1ccccc1)cc4c1cc(N(c4ccccc4)c4ccccc4)cc(c12)C3(C)C. The van der Waals surface area contributed by atoms with Gasteiger partial charge in [0.2, 0.25) is 0 Å². The van der Waals surface area contributed by atoms with Crippen molar-refractivity contribution in [1.82, 2.24) is 4.57 Å². The highest BCUT2D eigenvalue weighted by Crippen LogP contribution is 2.57. The van der Waals surface area contributed by atoms with Crippen LogP contribution in [0.2, 0.25) is 0 Å². The Morgan fingerprint density at radius 3 is 1.50 bits per heavy atom. The Kier molecular flexibility index (Phi) is 5.05. The van der Waals surface area contributed by atoms with E-state index in [1.165, 1.54) is 66.6 Å². The van der Waals surface area contributed by atoms with Crippen LogP contribution in [0.15, 0.2) is 133 Å². The number of hydrogen-bond donors (Lipinski definition) is 0. The second kappa shape index (κ2) is 8.74. The molecule has 6 aromatic carbocycles. The van der Waals surface area contributed by atoms with Gasteiger partial charge in [0.25, 0.3) is 0 Å². The topological polar surface area (TPSA) is 8.17 Å². The molecule has 0 unspecified atom stereocenters. The van der Waals surface area contributed by atoms with Gasteiger partial charge >= 0.3 is 0 Å². The van der Waals surface area contributed by atoms with Crippen LogP contribution in [0.1, 0.15) is 49.9 Å². The minimum absolute atomic E-state index is 0.144. The lowest BCUT2D eigenvalue weighted by Crippen LogP contribution is -2.33. The number of fused-ring (bicyclic) bond motifs is 1. The molecule has 0 N–H and O–H groups in total. The standard InChI is InChI=1S/C42H34N2/c1-41(2)34-21-14-22-35-40(34)44-38-32(23-28(24-36(38)41)27-15-8-5-9-16-27)33-25-31(26-37(39(33)44)42(35,3)4)43(29-17-10-6-11-18-29)30-19-12-7-13-20-30/h5-26H,1-4H3. The predicted molar refractivity (Wildman–Crippen MR) is 185 cm³/mol. The van der Waals surface area contributed by atoms with E-state index < -0.39 is 0 Å². The fourth-order valence-corrected chi connectivity index (χ4v) is 8.05. The summed E-state index contributed by atoms with van der Waals surface area (Å²) in [5, 5.41) is 2.64. The quantitative estimate of drug-likeness (QED) is 0.206. The Hall–Kier alpha value is -5.08. The molecule has 2 aliphatic heterocycles. The maximum absolute atomic E-state index is 2.62. The third kappa shape index (κ3) is 3.26. The van der Waals surface area contributed by atoms with E-state index >= 15 is 0 Å². The lowest BCUT2D eigenvalue weighted by atomic mass is 9.68. The van der Waals surface area contributed by atoms with Crippen LogP contribution < -0.4 is 4.90 Å². The summed E-state index contributed by atoms with van der Waals surface area (Å²) in [7, 11) is 0. The van der Waals surface area contributed by atoms with Gasteiger partial charge in [-0.05, 0) is 81.9 Å². The number of benzene rings is 6. The summed E-state index contributed by atoms with van der Waals surface area (Å²) in [6.07, 6.45) is 0. The first-order valence-electron chi connectivity index (χ1n) is 15.6. The van der Waals surface area contributed by atoms with Crippen LogP contribution in [0.3, 0.4) is 0 Å². The van der Waals surface area contributed by atoms with Gasteiger partial charge in [0.05, 0.1) is 16.7 Å². The minimum Gasteiger partial charge on any atom is -0.310 e. The van der Waals surface area contributed by atoms with Crippen LogP contribution in [0, 0.1) is 0 Å². The molecular formula is C42H34N2. The van der Waals surface area contributed by atoms with Crippen LogP contribution in [-0.4, -0.2) is 4.57 Å². The monoisotopic (exact) mass is 566 g/mol. The van der Waals surface area contributed by atoms with Crippen molar-refractivity contribution in [2.75, 3.05) is 4.90 Å². The first kappa shape index (κ1) is 25.4. The van der Waals surface area contributed by atoms with Crippen molar-refractivity contribution < 1.29 is 0 Å². The maximum atomic E-state index is 2.62. The van der Waals surface area contributed by atoms with Crippen molar-refractivity contribution in [2.24, 2.45) is 0 Å². The summed E-state index contributed by atoms with van der Waals surface area (Å²) in [6.45, 7) is 9.65. The fourth-order valence-electron chi connectivity index (χ4n) is 8.05. The summed E-state index contributed by atoms with van der Waals surface area (Å²) in [4.78, 5) is 2.41. The molecular weight excluding hydrogens is 532 g/mol. The minimum atomic E-state index is -0.182.